The number of halogens is 1. The number of nitrogens with zero attached hydrogens (tertiary/aromatic N) is 2. The molecular formula is C15H12ClN3O3. The number of nitro groups is 1. The van der Waals surface area contributed by atoms with Crippen LogP contribution in [-0.4, -0.2) is 16.5 Å². The fourth-order valence-corrected chi connectivity index (χ4v) is 2.05. The fourth-order valence-electron chi connectivity index (χ4n) is 1.77. The molecule has 6 nitrogen and oxygen atoms in total. The van der Waals surface area contributed by atoms with Gasteiger partial charge in [-0.1, -0.05) is 35.9 Å². The Hall–Kier alpha value is -2.73. The number of hydrogen-bond donors (Lipinski definition) is 1. The van der Waals surface area contributed by atoms with Crippen LogP contribution in [0.25, 0.3) is 0 Å². The molecule has 112 valence electrons. The van der Waals surface area contributed by atoms with Crippen LogP contribution in [0, 0.1) is 10.1 Å². The van der Waals surface area contributed by atoms with Gasteiger partial charge in [0.1, 0.15) is 0 Å². The minimum absolute atomic E-state index is 0.153. The minimum atomic E-state index is -0.560. The number of nitro benzene ring substituents is 1. The second kappa shape index (κ2) is 6.82. The molecular weight excluding hydrogens is 306 g/mol. The fraction of sp³-hybridized carbons (Fsp3) is 0.0667. The first kappa shape index (κ1) is 15.7. The molecule has 22 heavy (non-hydrogen) atoms. The monoisotopic (exact) mass is 317 g/mol. The highest BCUT2D eigenvalue weighted by atomic mass is 35.5. The predicted molar refractivity (Wildman–Crippen MR) is 84.2 cm³/mol. The lowest BCUT2D eigenvalue weighted by Gasteiger charge is -2.04. The predicted octanol–water partition coefficient (Wildman–Crippen LogP) is 3.40. The molecule has 2 aromatic carbocycles. The number of hydrogen-bond acceptors (Lipinski definition) is 4. The van der Waals surface area contributed by atoms with Crippen LogP contribution < -0.4 is 5.43 Å². The van der Waals surface area contributed by atoms with E-state index < -0.39 is 10.8 Å². The molecule has 1 amide bonds. The van der Waals surface area contributed by atoms with Crippen molar-refractivity contribution in [1.82, 2.24) is 5.43 Å². The van der Waals surface area contributed by atoms with Crippen molar-refractivity contribution in [2.75, 3.05) is 0 Å². The van der Waals surface area contributed by atoms with Crippen LogP contribution in [0.5, 0.6) is 0 Å². The van der Waals surface area contributed by atoms with E-state index in [0.29, 0.717) is 16.3 Å². The Labute approximate surface area is 131 Å². The standard InChI is InChI=1S/C15H12ClN3O3/c1-10(13-7-2-3-8-14(13)16)17-18-15(20)11-5-4-6-12(9-11)19(21)22/h2-9H,1H3,(H,18,20)/b17-10-. The van der Waals surface area contributed by atoms with E-state index >= 15 is 0 Å². The molecule has 0 aliphatic heterocycles. The topological polar surface area (TPSA) is 84.6 Å². The van der Waals surface area contributed by atoms with E-state index in [1.54, 1.807) is 25.1 Å². The van der Waals surface area contributed by atoms with Crippen molar-refractivity contribution in [3.05, 3.63) is 74.8 Å². The van der Waals surface area contributed by atoms with Gasteiger partial charge in [0.15, 0.2) is 0 Å². The van der Waals surface area contributed by atoms with E-state index in [1.807, 2.05) is 6.07 Å². The van der Waals surface area contributed by atoms with Crippen molar-refractivity contribution in [3.63, 3.8) is 0 Å². The van der Waals surface area contributed by atoms with Gasteiger partial charge in [0.2, 0.25) is 0 Å². The molecule has 0 atom stereocenters. The summed E-state index contributed by atoms with van der Waals surface area (Å²) < 4.78 is 0. The third kappa shape index (κ3) is 3.67. The lowest BCUT2D eigenvalue weighted by molar-refractivity contribution is -0.384. The third-order valence-electron chi connectivity index (χ3n) is 2.91. The Balaban J connectivity index is 2.16. The number of amides is 1. The first-order chi connectivity index (χ1) is 10.5. The first-order valence-corrected chi connectivity index (χ1v) is 6.71. The summed E-state index contributed by atoms with van der Waals surface area (Å²) in [6.07, 6.45) is 0. The smallest absolute Gasteiger partial charge is 0.267 e. The van der Waals surface area contributed by atoms with Gasteiger partial charge in [-0.05, 0) is 19.1 Å². The minimum Gasteiger partial charge on any atom is -0.267 e. The van der Waals surface area contributed by atoms with Gasteiger partial charge < -0.3 is 0 Å². The number of non-ortho nitro benzene ring substituents is 1. The summed E-state index contributed by atoms with van der Waals surface area (Å²) >= 11 is 6.04. The maximum absolute atomic E-state index is 12.0. The zero-order chi connectivity index (χ0) is 16.1. The average Bonchev–Trinajstić information content (AvgIpc) is 2.52. The number of hydrazone groups is 1. The number of nitrogens with one attached hydrogen (secondary N) is 1. The van der Waals surface area contributed by atoms with Gasteiger partial charge >= 0.3 is 0 Å². The van der Waals surface area contributed by atoms with Gasteiger partial charge in [-0.15, -0.1) is 0 Å². The van der Waals surface area contributed by atoms with Crippen LogP contribution in [0.15, 0.2) is 53.6 Å². The normalized spacial score (nSPS) is 11.1. The number of benzene rings is 2. The number of carbonyl (C=O) groups excluding carboxylic acids is 1. The Bertz CT molecular complexity index is 759. The summed E-state index contributed by atoms with van der Waals surface area (Å²) in [6.45, 7) is 1.70. The molecule has 7 heteroatoms. The number of carbonyl (C=O) groups is 1. The molecule has 0 saturated carbocycles. The molecule has 0 spiro atoms. The largest absolute Gasteiger partial charge is 0.271 e. The van der Waals surface area contributed by atoms with Crippen molar-refractivity contribution in [3.8, 4) is 0 Å². The zero-order valence-corrected chi connectivity index (χ0v) is 12.4. The molecule has 0 saturated heterocycles. The Morgan fingerprint density at radius 3 is 2.64 bits per heavy atom. The second-order valence-corrected chi connectivity index (χ2v) is 4.83. The molecule has 2 aromatic rings. The summed E-state index contributed by atoms with van der Waals surface area (Å²) in [4.78, 5) is 22.1. The summed E-state index contributed by atoms with van der Waals surface area (Å²) in [7, 11) is 0. The van der Waals surface area contributed by atoms with E-state index in [1.165, 1.54) is 24.3 Å². The van der Waals surface area contributed by atoms with E-state index in [4.69, 9.17) is 11.6 Å². The number of rotatable bonds is 4. The van der Waals surface area contributed by atoms with Crippen molar-refractivity contribution >= 4 is 28.9 Å². The van der Waals surface area contributed by atoms with Gasteiger partial charge in [0.05, 0.1) is 10.6 Å². The SMILES string of the molecule is C/C(=N/NC(=O)c1cccc([N+](=O)[O-])c1)c1ccccc1Cl. The first-order valence-electron chi connectivity index (χ1n) is 6.33. The highest BCUT2D eigenvalue weighted by molar-refractivity contribution is 6.34. The van der Waals surface area contributed by atoms with Crippen molar-refractivity contribution < 1.29 is 9.72 Å². The van der Waals surface area contributed by atoms with E-state index in [0.717, 1.165) is 0 Å². The molecule has 0 radical (unpaired) electrons. The molecule has 1 N–H and O–H groups in total. The average molecular weight is 318 g/mol. The Morgan fingerprint density at radius 1 is 1.23 bits per heavy atom. The van der Waals surface area contributed by atoms with Crippen molar-refractivity contribution in [2.45, 2.75) is 6.92 Å². The molecule has 0 aromatic heterocycles. The Morgan fingerprint density at radius 2 is 1.95 bits per heavy atom. The zero-order valence-electron chi connectivity index (χ0n) is 11.6. The van der Waals surface area contributed by atoms with Crippen LogP contribution in [0.3, 0.4) is 0 Å². The van der Waals surface area contributed by atoms with Gasteiger partial charge in [-0.2, -0.15) is 5.10 Å². The van der Waals surface area contributed by atoms with Gasteiger partial charge in [-0.3, -0.25) is 14.9 Å². The van der Waals surface area contributed by atoms with E-state index in [2.05, 4.69) is 10.5 Å². The second-order valence-electron chi connectivity index (χ2n) is 4.43. The van der Waals surface area contributed by atoms with Gasteiger partial charge in [-0.25, -0.2) is 5.43 Å². The maximum Gasteiger partial charge on any atom is 0.271 e. The highest BCUT2D eigenvalue weighted by Crippen LogP contribution is 2.16. The third-order valence-corrected chi connectivity index (χ3v) is 3.24. The lowest BCUT2D eigenvalue weighted by atomic mass is 10.1. The van der Waals surface area contributed by atoms with Crippen LogP contribution in [0.2, 0.25) is 5.02 Å². The summed E-state index contributed by atoms with van der Waals surface area (Å²) in [6, 6.07) is 12.5. The molecule has 0 aliphatic carbocycles. The van der Waals surface area contributed by atoms with Crippen LogP contribution in [0.1, 0.15) is 22.8 Å². The maximum atomic E-state index is 12.0. The summed E-state index contributed by atoms with van der Waals surface area (Å²) in [5.74, 6) is -0.532. The molecule has 0 fully saturated rings. The van der Waals surface area contributed by atoms with E-state index in [-0.39, 0.29) is 11.3 Å². The molecule has 0 unspecified atom stereocenters. The lowest BCUT2D eigenvalue weighted by Crippen LogP contribution is -2.19. The van der Waals surface area contributed by atoms with Gasteiger partial charge in [0.25, 0.3) is 11.6 Å². The van der Waals surface area contributed by atoms with Crippen molar-refractivity contribution in [1.29, 1.82) is 0 Å². The highest BCUT2D eigenvalue weighted by Gasteiger charge is 2.11. The quantitative estimate of drug-likeness (QED) is 0.533. The molecule has 0 aliphatic rings. The molecule has 2 rings (SSSR count). The molecule has 0 bridgehead atoms. The molecule has 0 heterocycles. The van der Waals surface area contributed by atoms with Crippen molar-refractivity contribution in [2.24, 2.45) is 5.10 Å². The van der Waals surface area contributed by atoms with Crippen LogP contribution >= 0.6 is 11.6 Å². The Kier molecular flexibility index (Phi) is 4.85. The summed E-state index contributed by atoms with van der Waals surface area (Å²) in [5.41, 5.74) is 3.59. The van der Waals surface area contributed by atoms with E-state index in [9.17, 15) is 14.9 Å². The van der Waals surface area contributed by atoms with Crippen LogP contribution in [0.4, 0.5) is 5.69 Å². The summed E-state index contributed by atoms with van der Waals surface area (Å²) in [5, 5.41) is 15.2. The van der Waals surface area contributed by atoms with Gasteiger partial charge in [0, 0.05) is 28.3 Å². The van der Waals surface area contributed by atoms with Crippen LogP contribution in [-0.2, 0) is 0 Å².